The number of hydrogen-bond acceptors (Lipinski definition) is 4. The van der Waals surface area contributed by atoms with E-state index in [1.54, 1.807) is 29.6 Å². The van der Waals surface area contributed by atoms with Gasteiger partial charge in [0.05, 0.1) is 17.0 Å². The van der Waals surface area contributed by atoms with Crippen LogP contribution in [0.4, 0.5) is 4.79 Å². The molecule has 30 heavy (non-hydrogen) atoms. The summed E-state index contributed by atoms with van der Waals surface area (Å²) < 4.78 is 0. The lowest BCUT2D eigenvalue weighted by molar-refractivity contribution is -0.139. The molecule has 1 aromatic heterocycles. The van der Waals surface area contributed by atoms with E-state index in [1.165, 1.54) is 9.78 Å². The van der Waals surface area contributed by atoms with Crippen molar-refractivity contribution in [1.29, 1.82) is 0 Å². The minimum absolute atomic E-state index is 0.193. The first-order valence-corrected chi connectivity index (χ1v) is 11.6. The predicted molar refractivity (Wildman–Crippen MR) is 116 cm³/mol. The molecule has 2 aliphatic heterocycles. The summed E-state index contributed by atoms with van der Waals surface area (Å²) in [6, 6.07) is 3.45. The number of hydrogen-bond donors (Lipinski definition) is 0. The topological polar surface area (TPSA) is 70.1 Å². The Morgan fingerprint density at radius 1 is 1.13 bits per heavy atom. The minimum atomic E-state index is -0.471. The summed E-state index contributed by atoms with van der Waals surface area (Å²) in [6.07, 6.45) is 12.4. The molecule has 0 N–H and O–H groups in total. The Morgan fingerprint density at radius 2 is 1.90 bits per heavy atom. The molecule has 1 atom stereocenters. The van der Waals surface area contributed by atoms with Gasteiger partial charge < -0.3 is 4.90 Å². The Morgan fingerprint density at radius 3 is 2.60 bits per heavy atom. The number of thiophene rings is 1. The highest BCUT2D eigenvalue weighted by Gasteiger charge is 2.47. The van der Waals surface area contributed by atoms with Crippen LogP contribution in [0.3, 0.4) is 0 Å². The highest BCUT2D eigenvalue weighted by atomic mass is 32.1. The quantitative estimate of drug-likeness (QED) is 0.744. The van der Waals surface area contributed by atoms with Gasteiger partial charge in [-0.05, 0) is 43.2 Å². The molecule has 2 fully saturated rings. The third kappa shape index (κ3) is 3.07. The van der Waals surface area contributed by atoms with Gasteiger partial charge in [-0.2, -0.15) is 4.99 Å². The summed E-state index contributed by atoms with van der Waals surface area (Å²) in [5.74, 6) is -0.438. The highest BCUT2D eigenvalue weighted by molar-refractivity contribution is 7.10. The molecule has 5 rings (SSSR count). The molecule has 1 aromatic rings. The van der Waals surface area contributed by atoms with Crippen molar-refractivity contribution in [2.45, 2.75) is 50.0 Å². The zero-order valence-electron chi connectivity index (χ0n) is 16.8. The molecule has 4 aliphatic rings. The summed E-state index contributed by atoms with van der Waals surface area (Å²) in [7, 11) is 0. The Bertz CT molecular complexity index is 948. The summed E-state index contributed by atoms with van der Waals surface area (Å²) in [5, 5.41) is 2.05. The molecule has 1 saturated heterocycles. The Labute approximate surface area is 180 Å². The number of imide groups is 1. The summed E-state index contributed by atoms with van der Waals surface area (Å²) in [6.45, 7) is 1.15. The van der Waals surface area contributed by atoms with Crippen molar-refractivity contribution in [2.24, 2.45) is 10.9 Å². The van der Waals surface area contributed by atoms with Crippen molar-refractivity contribution in [2.75, 3.05) is 13.1 Å². The van der Waals surface area contributed by atoms with Crippen LogP contribution in [0.5, 0.6) is 0 Å². The van der Waals surface area contributed by atoms with Gasteiger partial charge in [-0.3, -0.25) is 14.5 Å². The average Bonchev–Trinajstić information content (AvgIpc) is 3.46. The van der Waals surface area contributed by atoms with Gasteiger partial charge in [-0.1, -0.05) is 37.1 Å². The molecule has 0 bridgehead atoms. The first-order valence-electron chi connectivity index (χ1n) is 10.7. The van der Waals surface area contributed by atoms with Crippen LogP contribution in [0.15, 0.2) is 46.8 Å². The van der Waals surface area contributed by atoms with E-state index in [0.29, 0.717) is 31.6 Å². The van der Waals surface area contributed by atoms with E-state index >= 15 is 0 Å². The summed E-state index contributed by atoms with van der Waals surface area (Å²) in [5.41, 5.74) is 0.145. The fourth-order valence-corrected chi connectivity index (χ4v) is 6.29. The summed E-state index contributed by atoms with van der Waals surface area (Å²) in [4.78, 5) is 47.7. The van der Waals surface area contributed by atoms with Crippen LogP contribution in [-0.4, -0.2) is 52.5 Å². The molecule has 3 heterocycles. The molecule has 2 aliphatic carbocycles. The second-order valence-corrected chi connectivity index (χ2v) is 9.49. The first-order chi connectivity index (χ1) is 14.6. The van der Waals surface area contributed by atoms with Gasteiger partial charge in [0.25, 0.3) is 0 Å². The fourth-order valence-electron chi connectivity index (χ4n) is 5.32. The van der Waals surface area contributed by atoms with E-state index in [0.717, 1.165) is 25.7 Å². The van der Waals surface area contributed by atoms with Gasteiger partial charge in [-0.25, -0.2) is 4.79 Å². The number of aliphatic imine (C=N–C) groups is 1. The van der Waals surface area contributed by atoms with Gasteiger partial charge in [0.1, 0.15) is 0 Å². The molecule has 1 unspecified atom stereocenters. The number of rotatable bonds is 3. The largest absolute Gasteiger partial charge is 0.350 e. The normalized spacial score (nSPS) is 26.1. The van der Waals surface area contributed by atoms with Crippen molar-refractivity contribution in [3.8, 4) is 0 Å². The zero-order valence-corrected chi connectivity index (χ0v) is 17.6. The van der Waals surface area contributed by atoms with E-state index in [-0.39, 0.29) is 23.3 Å². The van der Waals surface area contributed by atoms with Crippen LogP contribution in [0.2, 0.25) is 0 Å². The number of carbonyl (C=O) groups excluding carboxylic acids is 3. The second-order valence-electron chi connectivity index (χ2n) is 8.54. The molecule has 1 saturated carbocycles. The number of allylic oxidation sites excluding steroid dienone is 3. The molecule has 6 nitrogen and oxygen atoms in total. The summed E-state index contributed by atoms with van der Waals surface area (Å²) >= 11 is 1.67. The molecule has 4 amide bonds. The van der Waals surface area contributed by atoms with Crippen molar-refractivity contribution in [1.82, 2.24) is 9.80 Å². The van der Waals surface area contributed by atoms with E-state index < -0.39 is 11.9 Å². The van der Waals surface area contributed by atoms with Crippen molar-refractivity contribution >= 4 is 34.9 Å². The monoisotopic (exact) mass is 423 g/mol. The van der Waals surface area contributed by atoms with E-state index in [1.807, 2.05) is 22.4 Å². The maximum absolute atomic E-state index is 13.6. The number of likely N-dealkylation sites (tertiary alicyclic amines) is 1. The van der Waals surface area contributed by atoms with Crippen LogP contribution in [0, 0.1) is 5.92 Å². The maximum atomic E-state index is 13.6. The van der Waals surface area contributed by atoms with Crippen LogP contribution in [0.1, 0.15) is 43.4 Å². The number of piperidine rings is 1. The molecular formula is C23H25N3O3S. The molecule has 0 radical (unpaired) electrons. The van der Waals surface area contributed by atoms with E-state index in [4.69, 9.17) is 0 Å². The number of fused-ring (bicyclic) bond motifs is 1. The van der Waals surface area contributed by atoms with Crippen LogP contribution >= 0.6 is 11.3 Å². The first kappa shape index (κ1) is 19.4. The van der Waals surface area contributed by atoms with Crippen molar-refractivity contribution < 1.29 is 14.4 Å². The number of nitrogens with zero attached hydrogens (tertiary/aromatic N) is 3. The number of amides is 4. The smallest absolute Gasteiger partial charge is 0.342 e. The second kappa shape index (κ2) is 7.61. The van der Waals surface area contributed by atoms with E-state index in [2.05, 4.69) is 11.1 Å². The van der Waals surface area contributed by atoms with Crippen molar-refractivity contribution in [3.05, 3.63) is 46.7 Å². The Kier molecular flexibility index (Phi) is 4.93. The molecule has 0 aromatic carbocycles. The van der Waals surface area contributed by atoms with Crippen molar-refractivity contribution in [3.63, 3.8) is 0 Å². The van der Waals surface area contributed by atoms with Gasteiger partial charge in [0.15, 0.2) is 0 Å². The van der Waals surface area contributed by atoms with Gasteiger partial charge in [0, 0.05) is 24.0 Å². The lowest BCUT2D eigenvalue weighted by Gasteiger charge is -2.41. The van der Waals surface area contributed by atoms with Gasteiger partial charge in [-0.15, -0.1) is 11.3 Å². The lowest BCUT2D eigenvalue weighted by Crippen LogP contribution is -2.56. The molecule has 7 heteroatoms. The maximum Gasteiger partial charge on any atom is 0.350 e. The number of carbonyl (C=O) groups is 3. The predicted octanol–water partition coefficient (Wildman–Crippen LogP) is 3.70. The third-order valence-corrected chi connectivity index (χ3v) is 7.98. The van der Waals surface area contributed by atoms with Gasteiger partial charge in [0.2, 0.25) is 11.8 Å². The van der Waals surface area contributed by atoms with E-state index in [9.17, 15) is 14.4 Å². The zero-order chi connectivity index (χ0) is 20.7. The van der Waals surface area contributed by atoms with Crippen LogP contribution in [-0.2, 0) is 15.0 Å². The standard InChI is InChI=1S/C23H25N3O3S/c27-20-17-6-1-2-7-18(17)24-22(29)26(20)16-9-13-25(14-10-16)21(28)23(11-3-4-12-23)19-8-5-15-30-19/h1-2,5-8,15-17H,3-4,9-14H2. The molecule has 156 valence electrons. The van der Waals surface area contributed by atoms with Gasteiger partial charge >= 0.3 is 6.03 Å². The average molecular weight is 424 g/mol. The molecular weight excluding hydrogens is 398 g/mol. The SMILES string of the molecule is O=C1N=C2C=CC=CC2C(=O)N1C1CCN(C(=O)C2(c3cccs3)CCCC2)CC1. The van der Waals surface area contributed by atoms with Crippen LogP contribution < -0.4 is 0 Å². The Hall–Kier alpha value is -2.54. The Balaban J connectivity index is 1.30. The third-order valence-electron chi connectivity index (χ3n) is 6.91. The minimum Gasteiger partial charge on any atom is -0.342 e. The lowest BCUT2D eigenvalue weighted by atomic mass is 9.82. The highest BCUT2D eigenvalue weighted by Crippen LogP contribution is 2.45. The van der Waals surface area contributed by atoms with Crippen LogP contribution in [0.25, 0.3) is 0 Å². The number of urea groups is 1. The fraction of sp³-hybridized carbons (Fsp3) is 0.478. The molecule has 0 spiro atoms.